The van der Waals surface area contributed by atoms with E-state index in [2.05, 4.69) is 6.92 Å². The molecule has 0 aromatic rings. The van der Waals surface area contributed by atoms with Gasteiger partial charge in [0.1, 0.15) is 0 Å². The summed E-state index contributed by atoms with van der Waals surface area (Å²) in [6.07, 6.45) is 10.7. The largest absolute Gasteiger partial charge is 0.0620 e. The van der Waals surface area contributed by atoms with E-state index in [9.17, 15) is 0 Å². The molecule has 2 aliphatic carbocycles. The fourth-order valence-corrected chi connectivity index (χ4v) is 3.13. The summed E-state index contributed by atoms with van der Waals surface area (Å²) in [4.78, 5) is 0. The Kier molecular flexibility index (Phi) is 1.51. The van der Waals surface area contributed by atoms with Crippen LogP contribution in [0.15, 0.2) is 0 Å². The molecular formula is C10H18. The summed E-state index contributed by atoms with van der Waals surface area (Å²) in [5, 5.41) is 0. The van der Waals surface area contributed by atoms with E-state index in [1.807, 2.05) is 0 Å². The Morgan fingerprint density at radius 2 is 1.60 bits per heavy atom. The third-order valence-corrected chi connectivity index (χ3v) is 3.96. The van der Waals surface area contributed by atoms with Gasteiger partial charge in [-0.25, -0.2) is 0 Å². The third-order valence-electron chi connectivity index (χ3n) is 3.96. The van der Waals surface area contributed by atoms with Crippen molar-refractivity contribution in [1.82, 2.24) is 0 Å². The summed E-state index contributed by atoms with van der Waals surface area (Å²) in [6, 6.07) is 0. The van der Waals surface area contributed by atoms with Gasteiger partial charge in [-0.05, 0) is 30.6 Å². The molecule has 0 unspecified atom stereocenters. The van der Waals surface area contributed by atoms with Gasteiger partial charge in [0.15, 0.2) is 0 Å². The zero-order valence-electron chi connectivity index (χ0n) is 7.03. The predicted octanol–water partition coefficient (Wildman–Crippen LogP) is 3.37. The van der Waals surface area contributed by atoms with Crippen molar-refractivity contribution in [3.05, 3.63) is 0 Å². The highest BCUT2D eigenvalue weighted by molar-refractivity contribution is 4.92. The van der Waals surface area contributed by atoms with Gasteiger partial charge >= 0.3 is 0 Å². The zero-order chi connectivity index (χ0) is 7.03. The van der Waals surface area contributed by atoms with Crippen LogP contribution in [0.2, 0.25) is 0 Å². The lowest BCUT2D eigenvalue weighted by molar-refractivity contribution is 0.224. The van der Waals surface area contributed by atoms with Gasteiger partial charge in [0.2, 0.25) is 0 Å². The first-order valence-electron chi connectivity index (χ1n) is 4.83. The third kappa shape index (κ3) is 0.810. The number of hydrogen-bond acceptors (Lipinski definition) is 0. The van der Waals surface area contributed by atoms with Crippen LogP contribution >= 0.6 is 0 Å². The summed E-state index contributed by atoms with van der Waals surface area (Å²) in [7, 11) is 0. The monoisotopic (exact) mass is 138 g/mol. The molecule has 0 amide bonds. The molecule has 2 fully saturated rings. The molecule has 2 saturated carbocycles. The molecule has 0 bridgehead atoms. The SMILES string of the molecule is C[C@H]1CCCC12CCCC2. The molecule has 1 atom stereocenters. The maximum Gasteiger partial charge on any atom is -0.0272 e. The van der Waals surface area contributed by atoms with Crippen LogP contribution in [-0.4, -0.2) is 0 Å². The van der Waals surface area contributed by atoms with Gasteiger partial charge in [0.25, 0.3) is 0 Å². The number of hydrogen-bond donors (Lipinski definition) is 0. The quantitative estimate of drug-likeness (QED) is 0.481. The minimum absolute atomic E-state index is 0.847. The molecular weight excluding hydrogens is 120 g/mol. The summed E-state index contributed by atoms with van der Waals surface area (Å²) < 4.78 is 0. The van der Waals surface area contributed by atoms with Gasteiger partial charge in [0, 0.05) is 0 Å². The number of rotatable bonds is 0. The molecule has 0 aromatic heterocycles. The Morgan fingerprint density at radius 1 is 1.00 bits per heavy atom. The molecule has 0 saturated heterocycles. The van der Waals surface area contributed by atoms with E-state index in [4.69, 9.17) is 0 Å². The van der Waals surface area contributed by atoms with Crippen molar-refractivity contribution in [3.63, 3.8) is 0 Å². The maximum atomic E-state index is 2.47. The minimum Gasteiger partial charge on any atom is -0.0620 e. The first-order chi connectivity index (χ1) is 4.83. The average Bonchev–Trinajstić information content (AvgIpc) is 2.48. The van der Waals surface area contributed by atoms with Gasteiger partial charge in [-0.3, -0.25) is 0 Å². The summed E-state index contributed by atoms with van der Waals surface area (Å²) in [6.45, 7) is 2.47. The lowest BCUT2D eigenvalue weighted by atomic mass is 9.77. The van der Waals surface area contributed by atoms with Crippen molar-refractivity contribution in [2.24, 2.45) is 11.3 Å². The van der Waals surface area contributed by atoms with Crippen LogP contribution in [0.5, 0.6) is 0 Å². The average molecular weight is 138 g/mol. The lowest BCUT2D eigenvalue weighted by Crippen LogP contribution is -2.18. The highest BCUT2D eigenvalue weighted by Crippen LogP contribution is 2.53. The van der Waals surface area contributed by atoms with Crippen molar-refractivity contribution in [2.45, 2.75) is 51.9 Å². The second-order valence-electron chi connectivity index (χ2n) is 4.36. The molecule has 10 heavy (non-hydrogen) atoms. The summed E-state index contributed by atoms with van der Waals surface area (Å²) in [5.41, 5.74) is 0.847. The molecule has 0 nitrogen and oxygen atoms in total. The smallest absolute Gasteiger partial charge is 0.0272 e. The lowest BCUT2D eigenvalue weighted by Gasteiger charge is -2.28. The van der Waals surface area contributed by atoms with Crippen molar-refractivity contribution < 1.29 is 0 Å². The molecule has 2 aliphatic rings. The van der Waals surface area contributed by atoms with Gasteiger partial charge in [0.05, 0.1) is 0 Å². The van der Waals surface area contributed by atoms with Crippen molar-refractivity contribution in [2.75, 3.05) is 0 Å². The van der Waals surface area contributed by atoms with Crippen LogP contribution in [-0.2, 0) is 0 Å². The molecule has 2 rings (SSSR count). The normalized spacial score (nSPS) is 37.5. The van der Waals surface area contributed by atoms with Gasteiger partial charge in [-0.1, -0.05) is 32.6 Å². The highest BCUT2D eigenvalue weighted by Gasteiger charge is 2.41. The van der Waals surface area contributed by atoms with E-state index in [1.165, 1.54) is 25.7 Å². The second kappa shape index (κ2) is 2.25. The van der Waals surface area contributed by atoms with Crippen LogP contribution in [0.1, 0.15) is 51.9 Å². The Morgan fingerprint density at radius 3 is 2.10 bits per heavy atom. The molecule has 58 valence electrons. The van der Waals surface area contributed by atoms with Crippen molar-refractivity contribution in [1.29, 1.82) is 0 Å². The molecule has 0 N–H and O–H groups in total. The van der Waals surface area contributed by atoms with E-state index in [-0.39, 0.29) is 0 Å². The van der Waals surface area contributed by atoms with Gasteiger partial charge < -0.3 is 0 Å². The Balaban J connectivity index is 2.11. The standard InChI is InChI=1S/C10H18/c1-9-5-4-8-10(9)6-2-3-7-10/h9H,2-8H2,1H3/t9-/m0/s1. The first-order valence-corrected chi connectivity index (χ1v) is 4.83. The Hall–Kier alpha value is 0. The topological polar surface area (TPSA) is 0 Å². The molecule has 0 aliphatic heterocycles. The minimum atomic E-state index is 0.847. The van der Waals surface area contributed by atoms with Gasteiger partial charge in [-0.15, -0.1) is 0 Å². The molecule has 0 heterocycles. The van der Waals surface area contributed by atoms with Crippen LogP contribution < -0.4 is 0 Å². The maximum absolute atomic E-state index is 2.47. The van der Waals surface area contributed by atoms with Crippen molar-refractivity contribution >= 4 is 0 Å². The Labute approximate surface area is 64.0 Å². The van der Waals surface area contributed by atoms with E-state index < -0.39 is 0 Å². The van der Waals surface area contributed by atoms with Gasteiger partial charge in [-0.2, -0.15) is 0 Å². The van der Waals surface area contributed by atoms with Crippen LogP contribution in [0, 0.1) is 11.3 Å². The van der Waals surface area contributed by atoms with Crippen LogP contribution in [0.4, 0.5) is 0 Å². The summed E-state index contributed by atoms with van der Waals surface area (Å²) in [5.74, 6) is 1.05. The molecule has 1 spiro atoms. The van der Waals surface area contributed by atoms with E-state index in [0.29, 0.717) is 0 Å². The molecule has 0 aromatic carbocycles. The molecule has 0 radical (unpaired) electrons. The highest BCUT2D eigenvalue weighted by atomic mass is 14.5. The Bertz CT molecular complexity index is 114. The van der Waals surface area contributed by atoms with Crippen LogP contribution in [0.3, 0.4) is 0 Å². The van der Waals surface area contributed by atoms with E-state index in [1.54, 1.807) is 19.3 Å². The predicted molar refractivity (Wildman–Crippen MR) is 43.9 cm³/mol. The second-order valence-corrected chi connectivity index (χ2v) is 4.36. The van der Waals surface area contributed by atoms with E-state index >= 15 is 0 Å². The van der Waals surface area contributed by atoms with Crippen LogP contribution in [0.25, 0.3) is 0 Å². The fourth-order valence-electron chi connectivity index (χ4n) is 3.13. The fraction of sp³-hybridized carbons (Fsp3) is 1.00. The molecule has 0 heteroatoms. The first kappa shape index (κ1) is 6.69. The van der Waals surface area contributed by atoms with Crippen molar-refractivity contribution in [3.8, 4) is 0 Å². The zero-order valence-corrected chi connectivity index (χ0v) is 7.03. The summed E-state index contributed by atoms with van der Waals surface area (Å²) >= 11 is 0. The van der Waals surface area contributed by atoms with E-state index in [0.717, 1.165) is 11.3 Å².